The van der Waals surface area contributed by atoms with Crippen LogP contribution in [-0.4, -0.2) is 50.9 Å². The highest BCUT2D eigenvalue weighted by Crippen LogP contribution is 2.38. The second-order valence-electron chi connectivity index (χ2n) is 8.47. The number of ether oxygens (including phenoxy) is 1. The molecule has 0 radical (unpaired) electrons. The number of hydrogen-bond donors (Lipinski definition) is 1. The standard InChI is InChI=1S/C23H26ClF3N4O2/c1-13-28-11-19(30(13)2)21(32)14-4-5-18-16(10-14)20(24)17(22(29-18)33-3)12-31-8-6-15(7-9-31)23(25,26)27/h4-5,10-11,15,21,32H,6-9,12H2,1-3H3. The summed E-state index contributed by atoms with van der Waals surface area (Å²) in [6.07, 6.45) is -3.30. The number of methoxy groups -OCH3 is 1. The fraction of sp³-hybridized carbons (Fsp3) is 0.478. The van der Waals surface area contributed by atoms with E-state index in [1.165, 1.54) is 7.11 Å². The Morgan fingerprint density at radius 2 is 1.97 bits per heavy atom. The molecule has 1 aliphatic heterocycles. The van der Waals surface area contributed by atoms with Crippen LogP contribution in [0.1, 0.15) is 41.6 Å². The number of halogens is 4. The quantitative estimate of drug-likeness (QED) is 0.566. The number of benzene rings is 1. The Morgan fingerprint density at radius 1 is 1.27 bits per heavy atom. The maximum absolute atomic E-state index is 13.0. The van der Waals surface area contributed by atoms with Crippen molar-refractivity contribution in [2.45, 2.75) is 38.6 Å². The van der Waals surface area contributed by atoms with Crippen molar-refractivity contribution in [2.24, 2.45) is 13.0 Å². The van der Waals surface area contributed by atoms with E-state index in [0.29, 0.717) is 58.3 Å². The predicted molar refractivity (Wildman–Crippen MR) is 119 cm³/mol. The van der Waals surface area contributed by atoms with Crippen LogP contribution >= 0.6 is 11.6 Å². The number of rotatable bonds is 5. The Bertz CT molecular complexity index is 1160. The second-order valence-corrected chi connectivity index (χ2v) is 8.85. The first-order chi connectivity index (χ1) is 15.6. The molecule has 0 saturated carbocycles. The van der Waals surface area contributed by atoms with E-state index in [2.05, 4.69) is 9.97 Å². The number of piperidine rings is 1. The van der Waals surface area contributed by atoms with Gasteiger partial charge < -0.3 is 14.4 Å². The van der Waals surface area contributed by atoms with Gasteiger partial charge >= 0.3 is 6.18 Å². The number of pyridine rings is 1. The van der Waals surface area contributed by atoms with Gasteiger partial charge in [0.05, 0.1) is 35.5 Å². The highest BCUT2D eigenvalue weighted by molar-refractivity contribution is 6.36. The minimum atomic E-state index is -4.16. The maximum Gasteiger partial charge on any atom is 0.391 e. The summed E-state index contributed by atoms with van der Waals surface area (Å²) < 4.78 is 46.3. The number of aromatic nitrogens is 3. The van der Waals surface area contributed by atoms with Crippen LogP contribution in [0.15, 0.2) is 24.4 Å². The van der Waals surface area contributed by atoms with Crippen LogP contribution in [0.2, 0.25) is 5.02 Å². The lowest BCUT2D eigenvalue weighted by Crippen LogP contribution is -2.38. The molecule has 1 N–H and O–H groups in total. The summed E-state index contributed by atoms with van der Waals surface area (Å²) in [5, 5.41) is 12.0. The number of aryl methyl sites for hydroxylation is 1. The van der Waals surface area contributed by atoms with E-state index in [-0.39, 0.29) is 12.8 Å². The van der Waals surface area contributed by atoms with Crippen molar-refractivity contribution in [1.29, 1.82) is 0 Å². The molecule has 3 heterocycles. The van der Waals surface area contributed by atoms with Crippen LogP contribution in [0.4, 0.5) is 13.2 Å². The van der Waals surface area contributed by atoms with Gasteiger partial charge in [-0.3, -0.25) is 4.90 Å². The van der Waals surface area contributed by atoms with Crippen LogP contribution in [-0.2, 0) is 13.6 Å². The van der Waals surface area contributed by atoms with E-state index in [1.54, 1.807) is 24.4 Å². The molecule has 1 fully saturated rings. The van der Waals surface area contributed by atoms with Gasteiger partial charge in [-0.15, -0.1) is 0 Å². The van der Waals surface area contributed by atoms with Crippen molar-refractivity contribution < 1.29 is 23.0 Å². The predicted octanol–water partition coefficient (Wildman–Crippen LogP) is 4.79. The highest BCUT2D eigenvalue weighted by Gasteiger charge is 2.41. The van der Waals surface area contributed by atoms with Gasteiger partial charge in [-0.25, -0.2) is 9.97 Å². The van der Waals surface area contributed by atoms with E-state index >= 15 is 0 Å². The van der Waals surface area contributed by atoms with Crippen LogP contribution in [0, 0.1) is 12.8 Å². The average molecular weight is 483 g/mol. The van der Waals surface area contributed by atoms with Crippen molar-refractivity contribution >= 4 is 22.5 Å². The molecule has 1 atom stereocenters. The number of aliphatic hydroxyl groups excluding tert-OH is 1. The van der Waals surface area contributed by atoms with Gasteiger partial charge in [0.1, 0.15) is 11.9 Å². The van der Waals surface area contributed by atoms with E-state index < -0.39 is 18.2 Å². The van der Waals surface area contributed by atoms with Gasteiger partial charge in [-0.05, 0) is 50.6 Å². The van der Waals surface area contributed by atoms with Crippen molar-refractivity contribution in [3.8, 4) is 5.88 Å². The summed E-state index contributed by atoms with van der Waals surface area (Å²) in [6, 6.07) is 5.33. The monoisotopic (exact) mass is 482 g/mol. The second kappa shape index (κ2) is 9.12. The van der Waals surface area contributed by atoms with Crippen LogP contribution in [0.3, 0.4) is 0 Å². The third-order valence-electron chi connectivity index (χ3n) is 6.48. The van der Waals surface area contributed by atoms with Crippen LogP contribution in [0.5, 0.6) is 5.88 Å². The van der Waals surface area contributed by atoms with Crippen molar-refractivity contribution in [3.05, 3.63) is 52.1 Å². The number of aliphatic hydroxyl groups is 1. The molecular formula is C23H26ClF3N4O2. The maximum atomic E-state index is 13.0. The first kappa shape index (κ1) is 23.8. The zero-order chi connectivity index (χ0) is 23.9. The third-order valence-corrected chi connectivity index (χ3v) is 6.91. The Labute approximate surface area is 195 Å². The fourth-order valence-electron chi connectivity index (χ4n) is 4.32. The van der Waals surface area contributed by atoms with Gasteiger partial charge in [0.2, 0.25) is 5.88 Å². The van der Waals surface area contributed by atoms with Gasteiger partial charge in [0, 0.05) is 24.5 Å². The summed E-state index contributed by atoms with van der Waals surface area (Å²) in [6.45, 7) is 2.83. The molecule has 0 spiro atoms. The first-order valence-corrected chi connectivity index (χ1v) is 11.1. The lowest BCUT2D eigenvalue weighted by Gasteiger charge is -2.33. The molecule has 1 aliphatic rings. The summed E-state index contributed by atoms with van der Waals surface area (Å²) in [5.41, 5.74) is 2.52. The lowest BCUT2D eigenvalue weighted by molar-refractivity contribution is -0.185. The molecule has 178 valence electrons. The molecular weight excluding hydrogens is 457 g/mol. The van der Waals surface area contributed by atoms with Crippen LogP contribution in [0.25, 0.3) is 10.9 Å². The average Bonchev–Trinajstić information content (AvgIpc) is 3.12. The van der Waals surface area contributed by atoms with Gasteiger partial charge in [-0.1, -0.05) is 17.7 Å². The molecule has 1 unspecified atom stereocenters. The summed E-state index contributed by atoms with van der Waals surface area (Å²) in [5.74, 6) is -0.132. The molecule has 2 aromatic heterocycles. The van der Waals surface area contributed by atoms with Crippen LogP contribution < -0.4 is 4.74 Å². The molecule has 0 aliphatic carbocycles. The fourth-order valence-corrected chi connectivity index (χ4v) is 4.61. The molecule has 1 saturated heterocycles. The number of imidazole rings is 1. The SMILES string of the molecule is COc1nc2ccc(C(O)c3cnc(C)n3C)cc2c(Cl)c1CN1CCC(C(F)(F)F)CC1. The summed E-state index contributed by atoms with van der Waals surface area (Å²) >= 11 is 6.78. The molecule has 1 aromatic carbocycles. The van der Waals surface area contributed by atoms with Crippen molar-refractivity contribution in [3.63, 3.8) is 0 Å². The van der Waals surface area contributed by atoms with Gasteiger partial charge in [-0.2, -0.15) is 13.2 Å². The number of alkyl halides is 3. The van der Waals surface area contributed by atoms with Crippen molar-refractivity contribution in [1.82, 2.24) is 19.4 Å². The van der Waals surface area contributed by atoms with Gasteiger partial charge in [0.25, 0.3) is 0 Å². The molecule has 6 nitrogen and oxygen atoms in total. The number of fused-ring (bicyclic) bond motifs is 1. The highest BCUT2D eigenvalue weighted by atomic mass is 35.5. The number of nitrogens with zero attached hydrogens (tertiary/aromatic N) is 4. The molecule has 0 bridgehead atoms. The molecule has 33 heavy (non-hydrogen) atoms. The Kier molecular flexibility index (Phi) is 6.57. The molecule has 10 heteroatoms. The first-order valence-electron chi connectivity index (χ1n) is 10.7. The zero-order valence-electron chi connectivity index (χ0n) is 18.7. The zero-order valence-corrected chi connectivity index (χ0v) is 19.4. The smallest absolute Gasteiger partial charge is 0.391 e. The van der Waals surface area contributed by atoms with E-state index in [0.717, 1.165) is 5.82 Å². The topological polar surface area (TPSA) is 63.4 Å². The van der Waals surface area contributed by atoms with E-state index in [9.17, 15) is 18.3 Å². The molecule has 4 rings (SSSR count). The summed E-state index contributed by atoms with van der Waals surface area (Å²) in [7, 11) is 3.33. The largest absolute Gasteiger partial charge is 0.481 e. The van der Waals surface area contributed by atoms with E-state index in [1.807, 2.05) is 23.4 Å². The Hall–Kier alpha value is -2.36. The third kappa shape index (κ3) is 4.67. The number of hydrogen-bond acceptors (Lipinski definition) is 5. The Balaban J connectivity index is 1.64. The Morgan fingerprint density at radius 3 is 2.55 bits per heavy atom. The van der Waals surface area contributed by atoms with E-state index in [4.69, 9.17) is 16.3 Å². The summed E-state index contributed by atoms with van der Waals surface area (Å²) in [4.78, 5) is 10.7. The molecule has 3 aromatic rings. The lowest BCUT2D eigenvalue weighted by atomic mass is 9.96. The minimum Gasteiger partial charge on any atom is -0.481 e. The normalized spacial score (nSPS) is 17.0. The van der Waals surface area contributed by atoms with Crippen molar-refractivity contribution in [2.75, 3.05) is 20.2 Å². The number of likely N-dealkylation sites (tertiary alicyclic amines) is 1. The minimum absolute atomic E-state index is 0.0604. The molecule has 0 amide bonds. The van der Waals surface area contributed by atoms with Gasteiger partial charge in [0.15, 0.2) is 0 Å².